The van der Waals surface area contributed by atoms with Crippen molar-refractivity contribution >= 4 is 27.3 Å². The highest BCUT2D eigenvalue weighted by molar-refractivity contribution is 9.11. The molecule has 13 heavy (non-hydrogen) atoms. The molecule has 0 saturated carbocycles. The molecule has 3 nitrogen and oxygen atoms in total. The maximum absolute atomic E-state index is 10.7. The maximum Gasteiger partial charge on any atom is 0.264 e. The quantitative estimate of drug-likeness (QED) is 0.851. The first-order valence-corrected chi connectivity index (χ1v) is 5.18. The smallest absolute Gasteiger partial charge is 0.264 e. The standard InChI is InChI=1S/C8H5BrN2OS/c9-7-3-2-6(13-7)5-1-4-8(12)11-10-5/h1-4H,(H,11,12). The first-order chi connectivity index (χ1) is 6.25. The van der Waals surface area contributed by atoms with Crippen LogP contribution in [-0.4, -0.2) is 10.2 Å². The molecule has 0 fully saturated rings. The molecule has 0 bridgehead atoms. The summed E-state index contributed by atoms with van der Waals surface area (Å²) in [5.41, 5.74) is 0.606. The summed E-state index contributed by atoms with van der Waals surface area (Å²) in [6, 6.07) is 7.08. The Morgan fingerprint density at radius 1 is 1.31 bits per heavy atom. The Bertz CT molecular complexity index is 456. The van der Waals surface area contributed by atoms with Gasteiger partial charge in [0, 0.05) is 6.07 Å². The molecule has 5 heteroatoms. The summed E-state index contributed by atoms with van der Waals surface area (Å²) >= 11 is 4.94. The van der Waals surface area contributed by atoms with Gasteiger partial charge >= 0.3 is 0 Å². The van der Waals surface area contributed by atoms with E-state index in [1.54, 1.807) is 17.4 Å². The van der Waals surface area contributed by atoms with Gasteiger partial charge in [-0.2, -0.15) is 5.10 Å². The summed E-state index contributed by atoms with van der Waals surface area (Å²) in [6.07, 6.45) is 0. The van der Waals surface area contributed by atoms with Gasteiger partial charge in [0.05, 0.1) is 8.66 Å². The molecule has 66 valence electrons. The van der Waals surface area contributed by atoms with Crippen LogP contribution in [0.1, 0.15) is 0 Å². The molecule has 2 aromatic rings. The van der Waals surface area contributed by atoms with Crippen molar-refractivity contribution in [2.75, 3.05) is 0 Å². The largest absolute Gasteiger partial charge is 0.268 e. The Labute approximate surface area is 86.6 Å². The lowest BCUT2D eigenvalue weighted by Crippen LogP contribution is -2.04. The number of aromatic nitrogens is 2. The number of hydrogen-bond acceptors (Lipinski definition) is 3. The monoisotopic (exact) mass is 256 g/mol. The van der Waals surface area contributed by atoms with E-state index in [1.807, 2.05) is 12.1 Å². The Kier molecular flexibility index (Phi) is 2.28. The lowest BCUT2D eigenvalue weighted by Gasteiger charge is -1.92. The van der Waals surface area contributed by atoms with E-state index in [4.69, 9.17) is 0 Å². The van der Waals surface area contributed by atoms with Crippen molar-refractivity contribution in [2.24, 2.45) is 0 Å². The molecule has 0 saturated heterocycles. The van der Waals surface area contributed by atoms with E-state index in [0.29, 0.717) is 0 Å². The van der Waals surface area contributed by atoms with Crippen LogP contribution >= 0.6 is 27.3 Å². The van der Waals surface area contributed by atoms with Gasteiger partial charge in [0.25, 0.3) is 5.56 Å². The van der Waals surface area contributed by atoms with Crippen LogP contribution in [0, 0.1) is 0 Å². The molecule has 0 amide bonds. The van der Waals surface area contributed by atoms with Gasteiger partial charge in [-0.25, -0.2) is 5.10 Å². The van der Waals surface area contributed by atoms with E-state index < -0.39 is 0 Å². The molecule has 0 spiro atoms. The van der Waals surface area contributed by atoms with Crippen LogP contribution < -0.4 is 5.56 Å². The molecule has 0 aliphatic rings. The third-order valence-corrected chi connectivity index (χ3v) is 3.15. The molecular weight excluding hydrogens is 252 g/mol. The van der Waals surface area contributed by atoms with Crippen LogP contribution in [0.25, 0.3) is 10.6 Å². The van der Waals surface area contributed by atoms with Crippen LogP contribution in [0.3, 0.4) is 0 Å². The molecule has 0 aromatic carbocycles. The fourth-order valence-electron chi connectivity index (χ4n) is 0.934. The van der Waals surface area contributed by atoms with Crippen molar-refractivity contribution < 1.29 is 0 Å². The molecular formula is C8H5BrN2OS. The Morgan fingerprint density at radius 2 is 2.15 bits per heavy atom. The van der Waals surface area contributed by atoms with E-state index in [0.717, 1.165) is 14.4 Å². The van der Waals surface area contributed by atoms with Crippen LogP contribution in [0.5, 0.6) is 0 Å². The second-order valence-electron chi connectivity index (χ2n) is 2.41. The van der Waals surface area contributed by atoms with Gasteiger partial charge in [-0.1, -0.05) is 0 Å². The summed E-state index contributed by atoms with van der Waals surface area (Å²) < 4.78 is 1.05. The van der Waals surface area contributed by atoms with Gasteiger partial charge in [0.2, 0.25) is 0 Å². The second kappa shape index (κ2) is 3.43. The van der Waals surface area contributed by atoms with Crippen molar-refractivity contribution in [2.45, 2.75) is 0 Å². The normalized spacial score (nSPS) is 10.2. The van der Waals surface area contributed by atoms with E-state index >= 15 is 0 Å². The summed E-state index contributed by atoms with van der Waals surface area (Å²) in [5, 5.41) is 6.31. The van der Waals surface area contributed by atoms with Crippen LogP contribution in [0.15, 0.2) is 32.8 Å². The first-order valence-electron chi connectivity index (χ1n) is 3.57. The molecule has 0 atom stereocenters. The highest BCUT2D eigenvalue weighted by atomic mass is 79.9. The highest BCUT2D eigenvalue weighted by Gasteiger charge is 2.01. The van der Waals surface area contributed by atoms with Crippen LogP contribution in [-0.2, 0) is 0 Å². The van der Waals surface area contributed by atoms with Gasteiger partial charge in [-0.05, 0) is 34.1 Å². The van der Waals surface area contributed by atoms with Gasteiger partial charge < -0.3 is 0 Å². The highest BCUT2D eigenvalue weighted by Crippen LogP contribution is 2.28. The molecule has 1 N–H and O–H groups in total. The minimum Gasteiger partial charge on any atom is -0.268 e. The molecule has 2 aromatic heterocycles. The number of nitrogens with one attached hydrogen (secondary N) is 1. The molecule has 2 heterocycles. The third-order valence-electron chi connectivity index (χ3n) is 1.50. The number of halogens is 1. The van der Waals surface area contributed by atoms with E-state index in [-0.39, 0.29) is 5.56 Å². The fraction of sp³-hybridized carbons (Fsp3) is 0. The Morgan fingerprint density at radius 3 is 2.69 bits per heavy atom. The topological polar surface area (TPSA) is 45.8 Å². The summed E-state index contributed by atoms with van der Waals surface area (Å²) in [7, 11) is 0. The Balaban J connectivity index is 2.47. The average Bonchev–Trinajstić information content (AvgIpc) is 2.53. The Hall–Kier alpha value is -0.940. The minimum absolute atomic E-state index is 0.181. The van der Waals surface area contributed by atoms with Gasteiger partial charge in [0.15, 0.2) is 0 Å². The number of H-pyrrole nitrogens is 1. The fourth-order valence-corrected chi connectivity index (χ4v) is 2.29. The average molecular weight is 257 g/mol. The molecule has 0 aliphatic heterocycles. The molecule has 0 unspecified atom stereocenters. The maximum atomic E-state index is 10.7. The lowest BCUT2D eigenvalue weighted by molar-refractivity contribution is 0.998. The molecule has 0 aliphatic carbocycles. The number of thiophene rings is 1. The molecule has 2 rings (SSSR count). The third kappa shape index (κ3) is 1.87. The zero-order chi connectivity index (χ0) is 9.26. The van der Waals surface area contributed by atoms with Gasteiger partial charge in [0.1, 0.15) is 5.69 Å². The zero-order valence-electron chi connectivity index (χ0n) is 6.45. The van der Waals surface area contributed by atoms with E-state index in [2.05, 4.69) is 26.1 Å². The predicted molar refractivity (Wildman–Crippen MR) is 55.9 cm³/mol. The van der Waals surface area contributed by atoms with Gasteiger partial charge in [-0.15, -0.1) is 11.3 Å². The number of hydrogen-bond donors (Lipinski definition) is 1. The predicted octanol–water partition coefficient (Wildman–Crippen LogP) is 2.26. The lowest BCUT2D eigenvalue weighted by atomic mass is 10.3. The second-order valence-corrected chi connectivity index (χ2v) is 4.87. The van der Waals surface area contributed by atoms with Crippen molar-refractivity contribution in [1.82, 2.24) is 10.2 Å². The first kappa shape index (κ1) is 8.65. The minimum atomic E-state index is -0.181. The summed E-state index contributed by atoms with van der Waals surface area (Å²) in [5.74, 6) is 0. The van der Waals surface area contributed by atoms with Crippen molar-refractivity contribution in [3.63, 3.8) is 0 Å². The van der Waals surface area contributed by atoms with Crippen molar-refractivity contribution in [3.05, 3.63) is 38.4 Å². The summed E-state index contributed by atoms with van der Waals surface area (Å²) in [6.45, 7) is 0. The van der Waals surface area contributed by atoms with Gasteiger partial charge in [-0.3, -0.25) is 4.79 Å². The van der Waals surface area contributed by atoms with E-state index in [9.17, 15) is 4.79 Å². The van der Waals surface area contributed by atoms with Crippen molar-refractivity contribution in [1.29, 1.82) is 0 Å². The molecule has 0 radical (unpaired) electrons. The number of aromatic amines is 1. The number of nitrogens with zero attached hydrogens (tertiary/aromatic N) is 1. The van der Waals surface area contributed by atoms with Crippen LogP contribution in [0.4, 0.5) is 0 Å². The number of rotatable bonds is 1. The van der Waals surface area contributed by atoms with Crippen LogP contribution in [0.2, 0.25) is 0 Å². The summed E-state index contributed by atoms with van der Waals surface area (Å²) in [4.78, 5) is 11.8. The zero-order valence-corrected chi connectivity index (χ0v) is 8.85. The SMILES string of the molecule is O=c1ccc(-c2ccc(Br)s2)n[nH]1. The van der Waals surface area contributed by atoms with E-state index in [1.165, 1.54) is 6.07 Å². The van der Waals surface area contributed by atoms with Crippen molar-refractivity contribution in [3.8, 4) is 10.6 Å².